The molecule has 0 saturated heterocycles. The van der Waals surface area contributed by atoms with Gasteiger partial charge in [0.2, 0.25) is 0 Å². The van der Waals surface area contributed by atoms with Crippen LogP contribution in [0.2, 0.25) is 0 Å². The maximum atomic E-state index is 10.7. The van der Waals surface area contributed by atoms with Crippen LogP contribution in [0.3, 0.4) is 0 Å². The Kier molecular flexibility index (Phi) is 4.77. The Balaban J connectivity index is 1.92. The number of benzene rings is 2. The van der Waals surface area contributed by atoms with Gasteiger partial charge in [-0.05, 0) is 41.8 Å². The number of carboxylic acids is 1. The summed E-state index contributed by atoms with van der Waals surface area (Å²) in [6.45, 7) is 2.60. The van der Waals surface area contributed by atoms with Gasteiger partial charge in [-0.15, -0.1) is 0 Å². The number of ether oxygens (including phenoxy) is 1. The van der Waals surface area contributed by atoms with Gasteiger partial charge in [-0.25, -0.2) is 4.79 Å². The van der Waals surface area contributed by atoms with E-state index in [1.807, 2.05) is 12.1 Å². The first-order chi connectivity index (χ1) is 9.69. The SMILES string of the molecule is CCCc1ccc(OCc2ccc(C(=O)O)cc2)cc1. The molecule has 0 bridgehead atoms. The van der Waals surface area contributed by atoms with E-state index in [1.54, 1.807) is 24.3 Å². The Morgan fingerprint density at radius 1 is 1.00 bits per heavy atom. The summed E-state index contributed by atoms with van der Waals surface area (Å²) in [4.78, 5) is 10.7. The zero-order chi connectivity index (χ0) is 14.4. The van der Waals surface area contributed by atoms with Crippen LogP contribution in [0, 0.1) is 0 Å². The lowest BCUT2D eigenvalue weighted by Crippen LogP contribution is -1.99. The van der Waals surface area contributed by atoms with E-state index in [9.17, 15) is 4.79 Å². The van der Waals surface area contributed by atoms with Gasteiger partial charge in [-0.3, -0.25) is 0 Å². The van der Waals surface area contributed by atoms with Crippen LogP contribution in [-0.4, -0.2) is 11.1 Å². The van der Waals surface area contributed by atoms with Gasteiger partial charge < -0.3 is 9.84 Å². The molecule has 2 aromatic carbocycles. The molecule has 0 saturated carbocycles. The van der Waals surface area contributed by atoms with Crippen LogP contribution >= 0.6 is 0 Å². The standard InChI is InChI=1S/C17H18O3/c1-2-3-13-6-10-16(11-7-13)20-12-14-4-8-15(9-5-14)17(18)19/h4-11H,2-3,12H2,1H3,(H,18,19). The van der Waals surface area contributed by atoms with Gasteiger partial charge in [0.15, 0.2) is 0 Å². The Morgan fingerprint density at radius 2 is 1.60 bits per heavy atom. The highest BCUT2D eigenvalue weighted by atomic mass is 16.5. The Morgan fingerprint density at radius 3 is 2.15 bits per heavy atom. The summed E-state index contributed by atoms with van der Waals surface area (Å²) >= 11 is 0. The third kappa shape index (κ3) is 3.85. The fraction of sp³-hybridized carbons (Fsp3) is 0.235. The van der Waals surface area contributed by atoms with Crippen molar-refractivity contribution in [2.45, 2.75) is 26.4 Å². The number of hydrogen-bond donors (Lipinski definition) is 1. The van der Waals surface area contributed by atoms with Crippen LogP contribution in [0.1, 0.15) is 34.8 Å². The molecule has 0 atom stereocenters. The minimum absolute atomic E-state index is 0.290. The summed E-state index contributed by atoms with van der Waals surface area (Å²) in [7, 11) is 0. The van der Waals surface area contributed by atoms with Crippen molar-refractivity contribution in [1.29, 1.82) is 0 Å². The average Bonchev–Trinajstić information content (AvgIpc) is 2.47. The molecule has 0 unspecified atom stereocenters. The summed E-state index contributed by atoms with van der Waals surface area (Å²) < 4.78 is 5.68. The summed E-state index contributed by atoms with van der Waals surface area (Å²) in [5, 5.41) is 8.82. The van der Waals surface area contributed by atoms with Crippen molar-refractivity contribution in [2.24, 2.45) is 0 Å². The molecule has 0 aromatic heterocycles. The Bertz CT molecular complexity index is 556. The Hall–Kier alpha value is -2.29. The van der Waals surface area contributed by atoms with Gasteiger partial charge in [0.05, 0.1) is 5.56 Å². The van der Waals surface area contributed by atoms with Crippen LogP contribution in [-0.2, 0) is 13.0 Å². The van der Waals surface area contributed by atoms with Crippen molar-refractivity contribution in [3.63, 3.8) is 0 Å². The molecule has 20 heavy (non-hydrogen) atoms. The second kappa shape index (κ2) is 6.75. The molecule has 104 valence electrons. The number of aromatic carboxylic acids is 1. The summed E-state index contributed by atoms with van der Waals surface area (Å²) in [6, 6.07) is 14.8. The molecule has 0 heterocycles. The van der Waals surface area contributed by atoms with E-state index >= 15 is 0 Å². The lowest BCUT2D eigenvalue weighted by atomic mass is 10.1. The number of carbonyl (C=O) groups is 1. The molecular weight excluding hydrogens is 252 g/mol. The molecule has 1 N–H and O–H groups in total. The van der Waals surface area contributed by atoms with E-state index in [-0.39, 0.29) is 5.56 Å². The first-order valence-corrected chi connectivity index (χ1v) is 6.73. The maximum Gasteiger partial charge on any atom is 0.335 e. The maximum absolute atomic E-state index is 10.7. The predicted octanol–water partition coefficient (Wildman–Crippen LogP) is 3.92. The van der Waals surface area contributed by atoms with Gasteiger partial charge in [0, 0.05) is 0 Å². The normalized spacial score (nSPS) is 10.2. The molecule has 0 aliphatic carbocycles. The van der Waals surface area contributed by atoms with E-state index in [0.29, 0.717) is 6.61 Å². The summed E-state index contributed by atoms with van der Waals surface area (Å²) in [6.07, 6.45) is 2.22. The Labute approximate surface area is 118 Å². The van der Waals surface area contributed by atoms with Crippen LogP contribution in [0.5, 0.6) is 5.75 Å². The highest BCUT2D eigenvalue weighted by Gasteiger charge is 2.02. The molecule has 3 nitrogen and oxygen atoms in total. The molecular formula is C17H18O3. The van der Waals surface area contributed by atoms with Crippen LogP contribution in [0.4, 0.5) is 0 Å². The van der Waals surface area contributed by atoms with Crippen molar-refractivity contribution in [3.8, 4) is 5.75 Å². The second-order valence-electron chi connectivity index (χ2n) is 4.68. The number of aryl methyl sites for hydroxylation is 1. The monoisotopic (exact) mass is 270 g/mol. The van der Waals surface area contributed by atoms with Crippen molar-refractivity contribution >= 4 is 5.97 Å². The number of hydrogen-bond acceptors (Lipinski definition) is 2. The molecule has 3 heteroatoms. The van der Waals surface area contributed by atoms with E-state index in [1.165, 1.54) is 5.56 Å². The predicted molar refractivity (Wildman–Crippen MR) is 78.2 cm³/mol. The number of rotatable bonds is 6. The quantitative estimate of drug-likeness (QED) is 0.865. The fourth-order valence-electron chi connectivity index (χ4n) is 1.95. The molecule has 0 aliphatic rings. The lowest BCUT2D eigenvalue weighted by molar-refractivity contribution is 0.0697. The highest BCUT2D eigenvalue weighted by molar-refractivity contribution is 5.87. The van der Waals surface area contributed by atoms with E-state index in [0.717, 1.165) is 24.2 Å². The third-order valence-corrected chi connectivity index (χ3v) is 3.07. The van der Waals surface area contributed by atoms with E-state index in [2.05, 4.69) is 19.1 Å². The van der Waals surface area contributed by atoms with Gasteiger partial charge in [0.25, 0.3) is 0 Å². The zero-order valence-corrected chi connectivity index (χ0v) is 11.5. The molecule has 0 radical (unpaired) electrons. The average molecular weight is 270 g/mol. The lowest BCUT2D eigenvalue weighted by Gasteiger charge is -2.07. The number of carboxylic acid groups (broad SMARTS) is 1. The summed E-state index contributed by atoms with van der Waals surface area (Å²) in [5.74, 6) is -0.0869. The molecule has 0 spiro atoms. The third-order valence-electron chi connectivity index (χ3n) is 3.07. The smallest absolute Gasteiger partial charge is 0.335 e. The van der Waals surface area contributed by atoms with Crippen molar-refractivity contribution < 1.29 is 14.6 Å². The largest absolute Gasteiger partial charge is 0.489 e. The van der Waals surface area contributed by atoms with Gasteiger partial charge >= 0.3 is 5.97 Å². The molecule has 2 aromatic rings. The minimum atomic E-state index is -0.913. The first kappa shape index (κ1) is 14.1. The molecule has 0 amide bonds. The van der Waals surface area contributed by atoms with Gasteiger partial charge in [0.1, 0.15) is 12.4 Å². The van der Waals surface area contributed by atoms with Gasteiger partial charge in [-0.1, -0.05) is 37.6 Å². The van der Waals surface area contributed by atoms with Gasteiger partial charge in [-0.2, -0.15) is 0 Å². The van der Waals surface area contributed by atoms with Crippen LogP contribution in [0.15, 0.2) is 48.5 Å². The molecule has 0 aliphatic heterocycles. The topological polar surface area (TPSA) is 46.5 Å². The molecule has 2 rings (SSSR count). The van der Waals surface area contributed by atoms with Crippen LogP contribution in [0.25, 0.3) is 0 Å². The fourth-order valence-corrected chi connectivity index (χ4v) is 1.95. The zero-order valence-electron chi connectivity index (χ0n) is 11.5. The van der Waals surface area contributed by atoms with E-state index in [4.69, 9.17) is 9.84 Å². The van der Waals surface area contributed by atoms with Crippen molar-refractivity contribution in [2.75, 3.05) is 0 Å². The van der Waals surface area contributed by atoms with Crippen molar-refractivity contribution in [1.82, 2.24) is 0 Å². The van der Waals surface area contributed by atoms with E-state index < -0.39 is 5.97 Å². The summed E-state index contributed by atoms with van der Waals surface area (Å²) in [5.41, 5.74) is 2.55. The molecule has 0 fully saturated rings. The van der Waals surface area contributed by atoms with Crippen molar-refractivity contribution in [3.05, 3.63) is 65.2 Å². The van der Waals surface area contributed by atoms with Crippen LogP contribution < -0.4 is 4.74 Å². The first-order valence-electron chi connectivity index (χ1n) is 6.73. The second-order valence-corrected chi connectivity index (χ2v) is 4.68. The minimum Gasteiger partial charge on any atom is -0.489 e. The highest BCUT2D eigenvalue weighted by Crippen LogP contribution is 2.15.